The number of carbonyl (C=O) groups excluding carboxylic acids is 1. The van der Waals surface area contributed by atoms with Crippen molar-refractivity contribution in [2.45, 2.75) is 58.7 Å². The van der Waals surface area contributed by atoms with Crippen molar-refractivity contribution in [3.8, 4) is 17.1 Å². The summed E-state index contributed by atoms with van der Waals surface area (Å²) >= 11 is 0. The Labute approximate surface area is 246 Å². The molecule has 2 aromatic carbocycles. The van der Waals surface area contributed by atoms with E-state index in [9.17, 15) is 4.79 Å². The van der Waals surface area contributed by atoms with Crippen molar-refractivity contribution in [1.82, 2.24) is 25.3 Å². The van der Waals surface area contributed by atoms with E-state index in [2.05, 4.69) is 39.7 Å². The first kappa shape index (κ1) is 28.8. The number of amides is 1. The summed E-state index contributed by atoms with van der Waals surface area (Å²) in [6.07, 6.45) is 3.78. The van der Waals surface area contributed by atoms with Crippen LogP contribution in [0.25, 0.3) is 11.4 Å². The summed E-state index contributed by atoms with van der Waals surface area (Å²) in [6, 6.07) is 19.8. The summed E-state index contributed by atoms with van der Waals surface area (Å²) in [5, 5.41) is 6.35. The molecule has 0 saturated heterocycles. The lowest BCUT2D eigenvalue weighted by Gasteiger charge is -2.29. The van der Waals surface area contributed by atoms with Crippen LogP contribution in [0.3, 0.4) is 0 Å². The highest BCUT2D eigenvalue weighted by Gasteiger charge is 2.24. The van der Waals surface area contributed by atoms with Crippen molar-refractivity contribution >= 4 is 23.7 Å². The van der Waals surface area contributed by atoms with Crippen LogP contribution in [0.15, 0.2) is 73.1 Å². The van der Waals surface area contributed by atoms with Gasteiger partial charge in [-0.2, -0.15) is 4.98 Å². The van der Waals surface area contributed by atoms with Gasteiger partial charge in [0.1, 0.15) is 18.0 Å². The Morgan fingerprint density at radius 3 is 2.64 bits per heavy atom. The van der Waals surface area contributed by atoms with Crippen LogP contribution in [0.4, 0.5) is 22.4 Å². The van der Waals surface area contributed by atoms with Gasteiger partial charge in [0, 0.05) is 17.8 Å². The number of rotatable bonds is 8. The lowest BCUT2D eigenvalue weighted by atomic mass is 10.0. The van der Waals surface area contributed by atoms with Crippen LogP contribution < -0.4 is 20.3 Å². The second-order valence-electron chi connectivity index (χ2n) is 11.3. The van der Waals surface area contributed by atoms with Gasteiger partial charge >= 0.3 is 6.09 Å². The van der Waals surface area contributed by atoms with Crippen molar-refractivity contribution in [2.75, 3.05) is 23.4 Å². The van der Waals surface area contributed by atoms with Gasteiger partial charge in [-0.1, -0.05) is 54.6 Å². The van der Waals surface area contributed by atoms with Crippen molar-refractivity contribution in [1.29, 1.82) is 0 Å². The first-order valence-electron chi connectivity index (χ1n) is 14.2. The number of nitrogens with zero attached hydrogens (tertiary/aromatic N) is 5. The molecule has 1 aliphatic rings. The molecule has 3 heterocycles. The molecule has 0 spiro atoms. The van der Waals surface area contributed by atoms with E-state index < -0.39 is 11.7 Å². The highest BCUT2D eigenvalue weighted by Crippen LogP contribution is 2.35. The van der Waals surface area contributed by atoms with E-state index in [1.165, 1.54) is 0 Å². The van der Waals surface area contributed by atoms with Crippen LogP contribution in [0.5, 0.6) is 5.75 Å². The van der Waals surface area contributed by atoms with Crippen molar-refractivity contribution in [2.24, 2.45) is 0 Å². The fourth-order valence-corrected chi connectivity index (χ4v) is 4.71. The third-order valence-corrected chi connectivity index (χ3v) is 6.62. The maximum atomic E-state index is 12.2. The predicted octanol–water partition coefficient (Wildman–Crippen LogP) is 6.09. The summed E-state index contributed by atoms with van der Waals surface area (Å²) in [4.78, 5) is 32.9. The fraction of sp³-hybridized carbons (Fsp3) is 0.344. The summed E-state index contributed by atoms with van der Waals surface area (Å²) in [7, 11) is 0. The SMILES string of the molecule is CC(Cc1cccc(C(C)NC(=O)OC(C)(C)C)c1)Nc1nccc(N2CCOc3cnc(-c4ccccc4)nc32)n1. The monoisotopic (exact) mass is 567 g/mol. The van der Waals surface area contributed by atoms with E-state index in [-0.39, 0.29) is 12.1 Å². The average molecular weight is 568 g/mol. The Morgan fingerprint density at radius 1 is 1.05 bits per heavy atom. The summed E-state index contributed by atoms with van der Waals surface area (Å²) in [6.45, 7) is 10.7. The molecule has 0 radical (unpaired) electrons. The van der Waals surface area contributed by atoms with E-state index in [0.717, 1.165) is 28.9 Å². The second kappa shape index (κ2) is 12.4. The Bertz CT molecular complexity index is 1520. The number of fused-ring (bicyclic) bond motifs is 1. The maximum Gasteiger partial charge on any atom is 0.408 e. The predicted molar refractivity (Wildman–Crippen MR) is 163 cm³/mol. The average Bonchev–Trinajstić information content (AvgIpc) is 2.96. The molecule has 0 aliphatic carbocycles. The zero-order valence-electron chi connectivity index (χ0n) is 24.7. The maximum absolute atomic E-state index is 12.2. The number of anilines is 3. The van der Waals surface area contributed by atoms with E-state index in [1.807, 2.05) is 81.1 Å². The molecule has 2 unspecified atom stereocenters. The minimum Gasteiger partial charge on any atom is -0.486 e. The quantitative estimate of drug-likeness (QED) is 0.261. The Kier molecular flexibility index (Phi) is 8.51. The summed E-state index contributed by atoms with van der Waals surface area (Å²) in [5.41, 5.74) is 2.53. The van der Waals surface area contributed by atoms with Gasteiger partial charge in [-0.3, -0.25) is 0 Å². The standard InChI is InChI=1S/C32H37N7O3/c1-21(18-23-10-9-13-25(19-23)22(2)36-31(40)42-32(3,4)5)35-30-33-15-14-27(37-30)39-16-17-41-26-20-34-28(38-29(26)39)24-11-7-6-8-12-24/h6-15,19-22H,16-18H2,1-5H3,(H,36,40)(H,33,35,37). The molecule has 218 valence electrons. The molecule has 1 aliphatic heterocycles. The first-order valence-corrected chi connectivity index (χ1v) is 14.2. The molecule has 42 heavy (non-hydrogen) atoms. The highest BCUT2D eigenvalue weighted by atomic mass is 16.6. The van der Waals surface area contributed by atoms with E-state index in [4.69, 9.17) is 19.4 Å². The van der Waals surface area contributed by atoms with Gasteiger partial charge in [0.25, 0.3) is 0 Å². The number of carbonyl (C=O) groups is 1. The number of aromatic nitrogens is 4. The summed E-state index contributed by atoms with van der Waals surface area (Å²) < 4.78 is 11.2. The van der Waals surface area contributed by atoms with Gasteiger partial charge < -0.3 is 25.0 Å². The molecule has 2 aromatic heterocycles. The molecule has 0 bridgehead atoms. The van der Waals surface area contributed by atoms with Crippen LogP contribution in [0.1, 0.15) is 51.8 Å². The largest absolute Gasteiger partial charge is 0.486 e. The van der Waals surface area contributed by atoms with Crippen molar-refractivity contribution in [3.63, 3.8) is 0 Å². The lowest BCUT2D eigenvalue weighted by Crippen LogP contribution is -2.34. The minimum atomic E-state index is -0.546. The topological polar surface area (TPSA) is 114 Å². The molecule has 5 rings (SSSR count). The third-order valence-electron chi connectivity index (χ3n) is 6.62. The fourth-order valence-electron chi connectivity index (χ4n) is 4.71. The second-order valence-corrected chi connectivity index (χ2v) is 11.3. The highest BCUT2D eigenvalue weighted by molar-refractivity contribution is 5.69. The minimum absolute atomic E-state index is 0.0496. The molecule has 4 aromatic rings. The van der Waals surface area contributed by atoms with Gasteiger partial charge in [0.15, 0.2) is 17.4 Å². The van der Waals surface area contributed by atoms with E-state index in [0.29, 0.717) is 36.5 Å². The van der Waals surface area contributed by atoms with Gasteiger partial charge in [0.05, 0.1) is 18.8 Å². The molecular weight excluding hydrogens is 530 g/mol. The normalized spacial score (nSPS) is 14.3. The lowest BCUT2D eigenvalue weighted by molar-refractivity contribution is 0.0508. The molecule has 2 atom stereocenters. The Morgan fingerprint density at radius 2 is 1.86 bits per heavy atom. The van der Waals surface area contributed by atoms with Gasteiger partial charge in [-0.05, 0) is 58.2 Å². The molecule has 1 amide bonds. The first-order chi connectivity index (χ1) is 20.1. The van der Waals surface area contributed by atoms with Gasteiger partial charge in [-0.25, -0.2) is 19.7 Å². The Hall–Kier alpha value is -4.73. The number of benzene rings is 2. The Balaban J connectivity index is 1.26. The van der Waals surface area contributed by atoms with E-state index >= 15 is 0 Å². The van der Waals surface area contributed by atoms with Crippen molar-refractivity contribution < 1.29 is 14.3 Å². The third kappa shape index (κ3) is 7.31. The summed E-state index contributed by atoms with van der Waals surface area (Å²) in [5.74, 6) is 3.19. The van der Waals surface area contributed by atoms with Crippen LogP contribution in [-0.4, -0.2) is 50.8 Å². The van der Waals surface area contributed by atoms with Gasteiger partial charge in [-0.15, -0.1) is 0 Å². The number of hydrogen-bond donors (Lipinski definition) is 2. The number of nitrogens with one attached hydrogen (secondary N) is 2. The zero-order chi connectivity index (χ0) is 29.7. The molecule has 2 N–H and O–H groups in total. The molecule has 10 nitrogen and oxygen atoms in total. The molecular formula is C32H37N7O3. The zero-order valence-corrected chi connectivity index (χ0v) is 24.7. The van der Waals surface area contributed by atoms with Crippen LogP contribution in [-0.2, 0) is 11.2 Å². The van der Waals surface area contributed by atoms with Crippen LogP contribution >= 0.6 is 0 Å². The number of ether oxygens (including phenoxy) is 2. The molecule has 0 saturated carbocycles. The molecule has 10 heteroatoms. The van der Waals surface area contributed by atoms with Crippen LogP contribution in [0, 0.1) is 0 Å². The number of alkyl carbamates (subject to hydrolysis) is 1. The van der Waals surface area contributed by atoms with Crippen LogP contribution in [0.2, 0.25) is 0 Å². The molecule has 0 fully saturated rings. The number of hydrogen-bond acceptors (Lipinski definition) is 9. The van der Waals surface area contributed by atoms with Gasteiger partial charge in [0.2, 0.25) is 5.95 Å². The van der Waals surface area contributed by atoms with Crippen molar-refractivity contribution in [3.05, 3.63) is 84.2 Å². The van der Waals surface area contributed by atoms with E-state index in [1.54, 1.807) is 12.4 Å². The smallest absolute Gasteiger partial charge is 0.408 e.